The van der Waals surface area contributed by atoms with E-state index in [9.17, 15) is 25.0 Å². The highest BCUT2D eigenvalue weighted by molar-refractivity contribution is 6.18. The molecule has 2 fully saturated rings. The number of Topliss-reactive ketones (excluding diaryl/α,β-unsaturated/α-hetero) is 2. The summed E-state index contributed by atoms with van der Waals surface area (Å²) < 4.78 is 5.75. The Morgan fingerprint density at radius 1 is 1.07 bits per heavy atom. The summed E-state index contributed by atoms with van der Waals surface area (Å²) in [6, 6.07) is 19.6. The third-order valence-electron chi connectivity index (χ3n) is 9.83. The number of rotatable bonds is 8. The number of nitrogens with one attached hydrogen (secondary N) is 1. The Labute approximate surface area is 260 Å². The van der Waals surface area contributed by atoms with E-state index in [2.05, 4.69) is 24.0 Å². The Balaban J connectivity index is 1.25. The number of ether oxygens (including phenoxy) is 1. The van der Waals surface area contributed by atoms with E-state index in [0.29, 0.717) is 30.7 Å². The molecule has 3 atom stereocenters. The van der Waals surface area contributed by atoms with E-state index in [1.165, 1.54) is 11.6 Å². The number of allylic oxidation sites excluding steroid dienone is 1. The topological polar surface area (TPSA) is 145 Å². The molecule has 1 spiro atoms. The molecule has 0 bridgehead atoms. The third-order valence-corrected chi connectivity index (χ3v) is 9.83. The summed E-state index contributed by atoms with van der Waals surface area (Å²) in [5.41, 5.74) is 9.59. The lowest BCUT2D eigenvalue weighted by Crippen LogP contribution is -2.49. The molecule has 9 nitrogen and oxygen atoms in total. The SMILES string of the molecule is C=C(N)C1=C2N(O)[C@@]23C(=O)C2=C(O)c4c(O)ccc(-c5cc(CNCCc6ccccc6)ccc5OC)c4C[C@H]2C[C@H]3CC1=O. The molecule has 4 aliphatic rings. The molecule has 0 unspecified atom stereocenters. The Morgan fingerprint density at radius 2 is 1.84 bits per heavy atom. The number of hydrogen-bond donors (Lipinski definition) is 5. The maximum absolute atomic E-state index is 14.1. The summed E-state index contributed by atoms with van der Waals surface area (Å²) in [7, 11) is 1.60. The van der Waals surface area contributed by atoms with Crippen molar-refractivity contribution in [1.29, 1.82) is 0 Å². The minimum atomic E-state index is -1.44. The molecule has 1 aliphatic heterocycles. The molecule has 0 amide bonds. The molecule has 1 heterocycles. The summed E-state index contributed by atoms with van der Waals surface area (Å²) in [4.78, 5) is 27.1. The van der Waals surface area contributed by atoms with Crippen LogP contribution in [-0.4, -0.2) is 51.2 Å². The zero-order chi connectivity index (χ0) is 31.6. The lowest BCUT2D eigenvalue weighted by molar-refractivity contribution is -0.131. The van der Waals surface area contributed by atoms with Crippen molar-refractivity contribution >= 4 is 17.3 Å². The average molecular weight is 606 g/mol. The van der Waals surface area contributed by atoms with E-state index < -0.39 is 23.2 Å². The van der Waals surface area contributed by atoms with Gasteiger partial charge in [0.15, 0.2) is 17.1 Å². The number of carbonyl (C=O) groups excluding carboxylic acids is 2. The molecule has 7 rings (SSSR count). The molecule has 0 aromatic heterocycles. The van der Waals surface area contributed by atoms with Crippen molar-refractivity contribution in [2.45, 2.75) is 37.8 Å². The first-order chi connectivity index (χ1) is 21.7. The minimum Gasteiger partial charge on any atom is -0.507 e. The van der Waals surface area contributed by atoms with Gasteiger partial charge in [-0.25, -0.2) is 5.06 Å². The number of hydroxylamine groups is 2. The molecule has 3 aliphatic carbocycles. The van der Waals surface area contributed by atoms with Gasteiger partial charge in [-0.1, -0.05) is 49.0 Å². The van der Waals surface area contributed by atoms with Gasteiger partial charge in [-0.05, 0) is 72.2 Å². The second kappa shape index (κ2) is 10.6. The molecular formula is C36H35N3O6. The number of benzene rings is 3. The Hall–Kier alpha value is -4.86. The highest BCUT2D eigenvalue weighted by Gasteiger charge is 2.75. The van der Waals surface area contributed by atoms with Crippen LogP contribution in [0.2, 0.25) is 0 Å². The van der Waals surface area contributed by atoms with Crippen molar-refractivity contribution in [3.05, 3.63) is 112 Å². The van der Waals surface area contributed by atoms with Gasteiger partial charge in [0.25, 0.3) is 0 Å². The summed E-state index contributed by atoms with van der Waals surface area (Å²) in [6.45, 7) is 5.12. The predicted molar refractivity (Wildman–Crippen MR) is 168 cm³/mol. The number of carbonyl (C=O) groups is 2. The van der Waals surface area contributed by atoms with E-state index in [1.807, 2.05) is 42.5 Å². The van der Waals surface area contributed by atoms with Gasteiger partial charge in [0.2, 0.25) is 0 Å². The molecule has 3 aromatic rings. The smallest absolute Gasteiger partial charge is 0.197 e. The van der Waals surface area contributed by atoms with Gasteiger partial charge >= 0.3 is 0 Å². The van der Waals surface area contributed by atoms with Crippen LogP contribution in [0.5, 0.6) is 11.5 Å². The second-order valence-corrected chi connectivity index (χ2v) is 12.3. The van der Waals surface area contributed by atoms with Crippen LogP contribution in [0, 0.1) is 11.8 Å². The molecule has 45 heavy (non-hydrogen) atoms. The van der Waals surface area contributed by atoms with Crippen LogP contribution < -0.4 is 15.8 Å². The number of ketones is 2. The van der Waals surface area contributed by atoms with Crippen molar-refractivity contribution in [1.82, 2.24) is 10.4 Å². The quantitative estimate of drug-likeness (QED) is 0.184. The number of phenols is 1. The fraction of sp³-hybridized carbons (Fsp3) is 0.278. The van der Waals surface area contributed by atoms with Crippen LogP contribution in [0.25, 0.3) is 16.9 Å². The van der Waals surface area contributed by atoms with Crippen molar-refractivity contribution in [3.8, 4) is 22.6 Å². The highest BCUT2D eigenvalue weighted by Crippen LogP contribution is 2.63. The van der Waals surface area contributed by atoms with Gasteiger partial charge in [0.1, 0.15) is 17.3 Å². The van der Waals surface area contributed by atoms with Crippen molar-refractivity contribution in [3.63, 3.8) is 0 Å². The molecule has 1 saturated carbocycles. The predicted octanol–water partition coefficient (Wildman–Crippen LogP) is 4.57. The van der Waals surface area contributed by atoms with E-state index in [4.69, 9.17) is 10.5 Å². The van der Waals surface area contributed by atoms with Crippen molar-refractivity contribution in [2.75, 3.05) is 13.7 Å². The first-order valence-corrected chi connectivity index (χ1v) is 15.1. The molecule has 6 N–H and O–H groups in total. The molecule has 3 aromatic carbocycles. The first kappa shape index (κ1) is 28.9. The summed E-state index contributed by atoms with van der Waals surface area (Å²) >= 11 is 0. The average Bonchev–Trinajstić information content (AvgIpc) is 3.63. The van der Waals surface area contributed by atoms with Gasteiger partial charge in [0, 0.05) is 35.7 Å². The lowest BCUT2D eigenvalue weighted by atomic mass is 9.61. The van der Waals surface area contributed by atoms with Crippen LogP contribution in [0.4, 0.5) is 0 Å². The van der Waals surface area contributed by atoms with E-state index >= 15 is 0 Å². The van der Waals surface area contributed by atoms with Gasteiger partial charge in [-0.2, -0.15) is 0 Å². The van der Waals surface area contributed by atoms with Gasteiger partial charge in [-0.15, -0.1) is 0 Å². The highest BCUT2D eigenvalue weighted by atomic mass is 16.5. The summed E-state index contributed by atoms with van der Waals surface area (Å²) in [6.07, 6.45) is 1.69. The van der Waals surface area contributed by atoms with Crippen LogP contribution >= 0.6 is 0 Å². The number of fused-ring (bicyclic) bond motifs is 2. The monoisotopic (exact) mass is 605 g/mol. The lowest BCUT2D eigenvalue weighted by Gasteiger charge is -2.40. The molecule has 1 saturated heterocycles. The summed E-state index contributed by atoms with van der Waals surface area (Å²) in [5.74, 6) is -1.44. The maximum Gasteiger partial charge on any atom is 0.197 e. The number of methoxy groups -OCH3 is 1. The normalized spacial score (nSPS) is 23.3. The Kier molecular flexibility index (Phi) is 6.83. The van der Waals surface area contributed by atoms with Gasteiger partial charge < -0.3 is 26.0 Å². The van der Waals surface area contributed by atoms with Crippen molar-refractivity contribution in [2.24, 2.45) is 17.6 Å². The Bertz CT molecular complexity index is 1840. The molecule has 9 heteroatoms. The number of hydrogen-bond acceptors (Lipinski definition) is 9. The fourth-order valence-electron chi connectivity index (χ4n) is 7.76. The standard InChI is InChI=1S/C36H35N3O6/c1-19(37)30-28(41)17-23-15-22-16-26-24(9-10-27(40)32(26)33(42)31(22)35(43)36(23)34(30)39(36)44)25-14-21(8-11-29(25)45-2)18-38-13-12-20-6-4-3-5-7-20/h3-11,14,22-23,38,40,42,44H,1,12-13,15-18,37H2,2H3/t22-,23+,36-,39?/m1/s1. The molecular weight excluding hydrogens is 570 g/mol. The zero-order valence-corrected chi connectivity index (χ0v) is 25.0. The third kappa shape index (κ3) is 4.29. The number of aliphatic hydroxyl groups is 1. The largest absolute Gasteiger partial charge is 0.507 e. The van der Waals surface area contributed by atoms with Crippen LogP contribution in [0.15, 0.2) is 89.8 Å². The minimum absolute atomic E-state index is 0.00338. The fourth-order valence-corrected chi connectivity index (χ4v) is 7.76. The second-order valence-electron chi connectivity index (χ2n) is 12.3. The van der Waals surface area contributed by atoms with Crippen molar-refractivity contribution < 1.29 is 29.7 Å². The number of nitrogens with zero attached hydrogens (tertiary/aromatic N) is 1. The van der Waals surface area contributed by atoms with Gasteiger partial charge in [0.05, 0.1) is 23.9 Å². The van der Waals surface area contributed by atoms with Crippen LogP contribution in [-0.2, 0) is 29.0 Å². The zero-order valence-electron chi connectivity index (χ0n) is 25.0. The van der Waals surface area contributed by atoms with E-state index in [-0.39, 0.29) is 51.8 Å². The number of phenolic OH excluding ortho intramolecular Hbond substituents is 1. The summed E-state index contributed by atoms with van der Waals surface area (Å²) in [5, 5.41) is 37.9. The number of aromatic hydroxyl groups is 1. The maximum atomic E-state index is 14.1. The van der Waals surface area contributed by atoms with E-state index in [1.54, 1.807) is 7.11 Å². The molecule has 0 radical (unpaired) electrons. The number of aliphatic hydroxyl groups excluding tert-OH is 1. The van der Waals surface area contributed by atoms with E-state index in [0.717, 1.165) is 34.7 Å². The first-order valence-electron chi connectivity index (χ1n) is 15.1. The number of nitrogens with two attached hydrogens (primary N) is 1. The van der Waals surface area contributed by atoms with Gasteiger partial charge in [-0.3, -0.25) is 14.8 Å². The Morgan fingerprint density at radius 3 is 2.58 bits per heavy atom. The molecule has 230 valence electrons. The van der Waals surface area contributed by atoms with Crippen LogP contribution in [0.1, 0.15) is 35.1 Å². The van der Waals surface area contributed by atoms with Crippen LogP contribution in [0.3, 0.4) is 0 Å².